The van der Waals surface area contributed by atoms with Crippen LogP contribution in [0.1, 0.15) is 68.6 Å². The SMILES string of the molecule is CCCN(Cc1ccc(OC2CCN(C3CCC3)CC2)cc1)C1CCc2c(O)cccc2C1. The molecule has 1 saturated heterocycles. The second-order valence-electron chi connectivity index (χ2n) is 10.4. The van der Waals surface area contributed by atoms with Crippen LogP contribution in [0.15, 0.2) is 42.5 Å². The van der Waals surface area contributed by atoms with Crippen LogP contribution in [0.3, 0.4) is 0 Å². The Morgan fingerprint density at radius 3 is 2.48 bits per heavy atom. The third kappa shape index (κ3) is 5.38. The lowest BCUT2D eigenvalue weighted by Crippen LogP contribution is -2.46. The van der Waals surface area contributed by atoms with E-state index in [0.29, 0.717) is 17.9 Å². The van der Waals surface area contributed by atoms with E-state index in [1.807, 2.05) is 12.1 Å². The number of rotatable bonds is 8. The van der Waals surface area contributed by atoms with Crippen molar-refractivity contribution in [3.63, 3.8) is 0 Å². The van der Waals surface area contributed by atoms with Gasteiger partial charge >= 0.3 is 0 Å². The maximum atomic E-state index is 10.2. The van der Waals surface area contributed by atoms with Crippen LogP contribution in [0.5, 0.6) is 11.5 Å². The van der Waals surface area contributed by atoms with Crippen LogP contribution in [0.2, 0.25) is 0 Å². The second kappa shape index (κ2) is 10.5. The van der Waals surface area contributed by atoms with Crippen LogP contribution < -0.4 is 4.74 Å². The van der Waals surface area contributed by atoms with Crippen molar-refractivity contribution in [1.82, 2.24) is 9.80 Å². The van der Waals surface area contributed by atoms with Gasteiger partial charge < -0.3 is 14.7 Å². The molecule has 2 aromatic rings. The molecule has 33 heavy (non-hydrogen) atoms. The molecule has 1 aliphatic heterocycles. The molecule has 0 radical (unpaired) electrons. The quantitative estimate of drug-likeness (QED) is 0.574. The van der Waals surface area contributed by atoms with E-state index in [2.05, 4.69) is 47.1 Å². The van der Waals surface area contributed by atoms with E-state index < -0.39 is 0 Å². The van der Waals surface area contributed by atoms with Crippen LogP contribution in [0, 0.1) is 0 Å². The largest absolute Gasteiger partial charge is 0.508 e. The van der Waals surface area contributed by atoms with Gasteiger partial charge in [0.05, 0.1) is 0 Å². The molecule has 2 fully saturated rings. The summed E-state index contributed by atoms with van der Waals surface area (Å²) in [7, 11) is 0. The molecule has 0 spiro atoms. The van der Waals surface area contributed by atoms with Crippen LogP contribution in [-0.4, -0.2) is 52.7 Å². The van der Waals surface area contributed by atoms with Crippen LogP contribution in [0.25, 0.3) is 0 Å². The predicted molar refractivity (Wildman–Crippen MR) is 134 cm³/mol. The van der Waals surface area contributed by atoms with Gasteiger partial charge in [0.15, 0.2) is 0 Å². The summed E-state index contributed by atoms with van der Waals surface area (Å²) in [6.45, 7) is 6.75. The van der Waals surface area contributed by atoms with Gasteiger partial charge in [0.1, 0.15) is 17.6 Å². The van der Waals surface area contributed by atoms with Crippen molar-refractivity contribution in [2.24, 2.45) is 0 Å². The highest BCUT2D eigenvalue weighted by molar-refractivity contribution is 5.41. The van der Waals surface area contributed by atoms with E-state index in [0.717, 1.165) is 69.0 Å². The molecule has 178 valence electrons. The number of phenols is 1. The summed E-state index contributed by atoms with van der Waals surface area (Å²) >= 11 is 0. The first-order valence-corrected chi connectivity index (χ1v) is 13.2. The molecule has 2 aliphatic carbocycles. The van der Waals surface area contributed by atoms with E-state index in [1.165, 1.54) is 43.5 Å². The summed E-state index contributed by atoms with van der Waals surface area (Å²) in [5.74, 6) is 1.49. The van der Waals surface area contributed by atoms with Gasteiger partial charge in [-0.25, -0.2) is 0 Å². The summed E-state index contributed by atoms with van der Waals surface area (Å²) in [5, 5.41) is 10.2. The first-order chi connectivity index (χ1) is 16.2. The second-order valence-corrected chi connectivity index (χ2v) is 10.4. The molecule has 4 nitrogen and oxygen atoms in total. The van der Waals surface area contributed by atoms with Crippen LogP contribution in [0.4, 0.5) is 0 Å². The molecule has 1 saturated carbocycles. The van der Waals surface area contributed by atoms with Crippen molar-refractivity contribution in [2.45, 2.75) is 89.4 Å². The van der Waals surface area contributed by atoms with E-state index in [9.17, 15) is 5.11 Å². The fraction of sp³-hybridized carbons (Fsp3) is 0.586. The van der Waals surface area contributed by atoms with Gasteiger partial charge in [0.2, 0.25) is 0 Å². The van der Waals surface area contributed by atoms with Crippen LogP contribution in [-0.2, 0) is 19.4 Å². The number of hydrogen-bond donors (Lipinski definition) is 1. The lowest BCUT2D eigenvalue weighted by molar-refractivity contribution is 0.0493. The molecule has 1 atom stereocenters. The third-order valence-corrected chi connectivity index (χ3v) is 8.14. The lowest BCUT2D eigenvalue weighted by atomic mass is 9.86. The van der Waals surface area contributed by atoms with Gasteiger partial charge in [0.25, 0.3) is 0 Å². The maximum Gasteiger partial charge on any atom is 0.119 e. The van der Waals surface area contributed by atoms with Crippen molar-refractivity contribution in [3.05, 3.63) is 59.2 Å². The monoisotopic (exact) mass is 448 g/mol. The molecule has 0 aromatic heterocycles. The average molecular weight is 449 g/mol. The summed E-state index contributed by atoms with van der Waals surface area (Å²) in [6, 6.07) is 16.2. The average Bonchev–Trinajstić information content (AvgIpc) is 2.80. The fourth-order valence-electron chi connectivity index (χ4n) is 5.97. The maximum absolute atomic E-state index is 10.2. The normalized spacial score (nSPS) is 22.2. The third-order valence-electron chi connectivity index (χ3n) is 8.14. The first kappa shape index (κ1) is 22.7. The number of aromatic hydroxyl groups is 1. The number of benzene rings is 2. The molecular formula is C29H40N2O2. The molecular weight excluding hydrogens is 408 g/mol. The Kier molecular flexibility index (Phi) is 7.22. The molecule has 0 bridgehead atoms. The Morgan fingerprint density at radius 2 is 1.79 bits per heavy atom. The van der Waals surface area contributed by atoms with Crippen molar-refractivity contribution >= 4 is 0 Å². The zero-order valence-electron chi connectivity index (χ0n) is 20.2. The van der Waals surface area contributed by atoms with Gasteiger partial charge in [-0.3, -0.25) is 4.90 Å². The van der Waals surface area contributed by atoms with Gasteiger partial charge in [0, 0.05) is 31.7 Å². The molecule has 0 amide bonds. The zero-order chi connectivity index (χ0) is 22.6. The lowest BCUT2D eigenvalue weighted by Gasteiger charge is -2.41. The molecule has 4 heteroatoms. The highest BCUT2D eigenvalue weighted by atomic mass is 16.5. The number of likely N-dealkylation sites (tertiary alicyclic amines) is 1. The summed E-state index contributed by atoms with van der Waals surface area (Å²) in [6.07, 6.45) is 11.2. The highest BCUT2D eigenvalue weighted by Gasteiger charge is 2.29. The Bertz CT molecular complexity index is 900. The van der Waals surface area contributed by atoms with Gasteiger partial charge in [-0.1, -0.05) is 37.6 Å². The Hall–Kier alpha value is -2.04. The van der Waals surface area contributed by atoms with Crippen molar-refractivity contribution in [1.29, 1.82) is 0 Å². The fourth-order valence-corrected chi connectivity index (χ4v) is 5.97. The smallest absolute Gasteiger partial charge is 0.119 e. The Balaban J connectivity index is 1.15. The van der Waals surface area contributed by atoms with Crippen LogP contribution >= 0.6 is 0 Å². The van der Waals surface area contributed by atoms with E-state index in [1.54, 1.807) is 0 Å². The zero-order valence-corrected chi connectivity index (χ0v) is 20.2. The number of nitrogens with zero attached hydrogens (tertiary/aromatic N) is 2. The predicted octanol–water partition coefficient (Wildman–Crippen LogP) is 5.56. The highest BCUT2D eigenvalue weighted by Crippen LogP contribution is 2.32. The molecule has 1 unspecified atom stereocenters. The number of hydrogen-bond acceptors (Lipinski definition) is 4. The summed E-state index contributed by atoms with van der Waals surface area (Å²) in [4.78, 5) is 5.32. The number of piperidine rings is 1. The Morgan fingerprint density at radius 1 is 1.00 bits per heavy atom. The number of phenolic OH excluding ortho intramolecular Hbond substituents is 1. The van der Waals surface area contributed by atoms with Crippen molar-refractivity contribution < 1.29 is 9.84 Å². The molecule has 5 rings (SSSR count). The molecule has 2 aromatic carbocycles. The van der Waals surface area contributed by atoms with E-state index in [4.69, 9.17) is 4.74 Å². The first-order valence-electron chi connectivity index (χ1n) is 13.2. The van der Waals surface area contributed by atoms with E-state index >= 15 is 0 Å². The van der Waals surface area contributed by atoms with Gasteiger partial charge in [-0.05, 0) is 92.8 Å². The standard InChI is InChI=1S/C29H40N2O2/c1-2-17-31(25-11-14-28-23(20-25)5-3-8-29(28)32)21-22-9-12-26(13-10-22)33-27-15-18-30(19-16-27)24-6-4-7-24/h3,5,8-10,12-13,24-25,27,32H,2,4,6-7,11,14-21H2,1H3. The number of ether oxygens (including phenoxy) is 1. The minimum atomic E-state index is 0.363. The summed E-state index contributed by atoms with van der Waals surface area (Å²) < 4.78 is 6.35. The Labute approximate surface area is 199 Å². The minimum Gasteiger partial charge on any atom is -0.508 e. The van der Waals surface area contributed by atoms with Gasteiger partial charge in [-0.2, -0.15) is 0 Å². The molecule has 1 heterocycles. The van der Waals surface area contributed by atoms with E-state index in [-0.39, 0.29) is 0 Å². The summed E-state index contributed by atoms with van der Waals surface area (Å²) in [5.41, 5.74) is 3.84. The minimum absolute atomic E-state index is 0.363. The van der Waals surface area contributed by atoms with Crippen molar-refractivity contribution in [2.75, 3.05) is 19.6 Å². The van der Waals surface area contributed by atoms with Gasteiger partial charge in [-0.15, -0.1) is 0 Å². The molecule has 3 aliphatic rings. The molecule has 1 N–H and O–H groups in total. The number of fused-ring (bicyclic) bond motifs is 1. The topological polar surface area (TPSA) is 35.9 Å². The van der Waals surface area contributed by atoms with Crippen molar-refractivity contribution in [3.8, 4) is 11.5 Å².